The summed E-state index contributed by atoms with van der Waals surface area (Å²) in [5, 5.41) is 13.0. The molecule has 0 aliphatic rings. The summed E-state index contributed by atoms with van der Waals surface area (Å²) in [4.78, 5) is 13.6. The molecule has 0 bridgehead atoms. The number of nitrogens with zero attached hydrogens (tertiary/aromatic N) is 1. The first-order chi connectivity index (χ1) is 11.0. The fourth-order valence-corrected chi connectivity index (χ4v) is 2.20. The average molecular weight is 316 g/mol. The quantitative estimate of drug-likeness (QED) is 0.891. The predicted octanol–water partition coefficient (Wildman–Crippen LogP) is 2.96. The number of urea groups is 1. The molecular formula is C18H21FN2O2. The van der Waals surface area contributed by atoms with Gasteiger partial charge in [-0.3, -0.25) is 4.90 Å². The molecule has 122 valence electrons. The van der Waals surface area contributed by atoms with Crippen LogP contribution < -0.4 is 10.2 Å². The summed E-state index contributed by atoms with van der Waals surface area (Å²) in [5.41, 5.74) is 1.58. The second-order valence-corrected chi connectivity index (χ2v) is 5.53. The third-order valence-electron chi connectivity index (χ3n) is 3.73. The molecule has 0 radical (unpaired) electrons. The van der Waals surface area contributed by atoms with Crippen molar-refractivity contribution in [3.63, 3.8) is 0 Å². The van der Waals surface area contributed by atoms with Gasteiger partial charge in [0.15, 0.2) is 0 Å². The molecule has 2 aromatic carbocycles. The van der Waals surface area contributed by atoms with E-state index in [9.17, 15) is 14.3 Å². The molecule has 0 heterocycles. The number of amides is 2. The van der Waals surface area contributed by atoms with E-state index in [4.69, 9.17) is 0 Å². The number of hydrogen-bond acceptors (Lipinski definition) is 2. The number of carbonyl (C=O) groups excluding carboxylic acids is 1. The summed E-state index contributed by atoms with van der Waals surface area (Å²) < 4.78 is 12.9. The molecule has 2 atom stereocenters. The number of carbonyl (C=O) groups is 1. The van der Waals surface area contributed by atoms with Crippen molar-refractivity contribution in [3.05, 3.63) is 66.0 Å². The fraction of sp³-hybridized carbons (Fsp3) is 0.278. The van der Waals surface area contributed by atoms with E-state index < -0.39 is 12.1 Å². The van der Waals surface area contributed by atoms with E-state index in [2.05, 4.69) is 5.32 Å². The Kier molecular flexibility index (Phi) is 5.71. The second kappa shape index (κ2) is 7.74. The molecule has 2 amide bonds. The maximum Gasteiger partial charge on any atom is 0.321 e. The lowest BCUT2D eigenvalue weighted by Gasteiger charge is -2.24. The van der Waals surface area contributed by atoms with Crippen LogP contribution in [0.5, 0.6) is 0 Å². The van der Waals surface area contributed by atoms with Gasteiger partial charge in [-0.1, -0.05) is 30.3 Å². The van der Waals surface area contributed by atoms with Gasteiger partial charge in [-0.05, 0) is 36.8 Å². The van der Waals surface area contributed by atoms with Gasteiger partial charge in [0, 0.05) is 19.2 Å². The zero-order valence-corrected chi connectivity index (χ0v) is 13.2. The first-order valence-corrected chi connectivity index (χ1v) is 7.49. The van der Waals surface area contributed by atoms with E-state index in [0.29, 0.717) is 12.1 Å². The van der Waals surface area contributed by atoms with Crippen LogP contribution in [-0.4, -0.2) is 30.3 Å². The van der Waals surface area contributed by atoms with Crippen LogP contribution >= 0.6 is 0 Å². The Balaban J connectivity index is 1.92. The van der Waals surface area contributed by atoms with Gasteiger partial charge in [0.2, 0.25) is 0 Å². The maximum atomic E-state index is 12.9. The van der Waals surface area contributed by atoms with Crippen LogP contribution in [0.2, 0.25) is 0 Å². The average Bonchev–Trinajstić information content (AvgIpc) is 2.55. The molecule has 2 N–H and O–H groups in total. The summed E-state index contributed by atoms with van der Waals surface area (Å²) >= 11 is 0. The Bertz CT molecular complexity index is 631. The van der Waals surface area contributed by atoms with Crippen LogP contribution in [0.25, 0.3) is 0 Å². The Morgan fingerprint density at radius 3 is 2.39 bits per heavy atom. The zero-order chi connectivity index (χ0) is 16.8. The molecule has 23 heavy (non-hydrogen) atoms. The van der Waals surface area contributed by atoms with Gasteiger partial charge in [0.05, 0.1) is 12.1 Å². The summed E-state index contributed by atoms with van der Waals surface area (Å²) in [5.74, 6) is -0.353. The fourth-order valence-electron chi connectivity index (χ4n) is 2.20. The monoisotopic (exact) mass is 316 g/mol. The Morgan fingerprint density at radius 2 is 1.78 bits per heavy atom. The predicted molar refractivity (Wildman–Crippen MR) is 88.9 cm³/mol. The van der Waals surface area contributed by atoms with Crippen molar-refractivity contribution in [2.75, 3.05) is 11.9 Å². The Hall–Kier alpha value is -2.40. The Labute approximate surface area is 135 Å². The highest BCUT2D eigenvalue weighted by atomic mass is 19.1. The molecule has 4 nitrogen and oxygen atoms in total. The largest absolute Gasteiger partial charge is 0.391 e. The van der Waals surface area contributed by atoms with Gasteiger partial charge in [-0.15, -0.1) is 0 Å². The van der Waals surface area contributed by atoms with Crippen LogP contribution in [0, 0.1) is 5.82 Å². The minimum absolute atomic E-state index is 0.351. The van der Waals surface area contributed by atoms with Gasteiger partial charge in [0.1, 0.15) is 5.82 Å². The Morgan fingerprint density at radius 1 is 1.17 bits per heavy atom. The minimum atomic E-state index is -0.692. The van der Waals surface area contributed by atoms with Crippen molar-refractivity contribution in [1.82, 2.24) is 5.32 Å². The van der Waals surface area contributed by atoms with Crippen LogP contribution in [0.15, 0.2) is 54.6 Å². The molecule has 0 fully saturated rings. The standard InChI is InChI=1S/C18H21FN2O2/c1-13(17(22)12-14-6-4-3-5-7-14)20-18(23)21(2)16-10-8-15(19)9-11-16/h3-11,13,17,22H,12H2,1-2H3,(H,20,23)/t13-,17+/m0/s1. The molecule has 0 spiro atoms. The molecule has 2 rings (SSSR count). The lowest BCUT2D eigenvalue weighted by Crippen LogP contribution is -2.47. The van der Waals surface area contributed by atoms with Gasteiger partial charge in [0.25, 0.3) is 0 Å². The molecule has 5 heteroatoms. The van der Waals surface area contributed by atoms with Crippen LogP contribution in [0.3, 0.4) is 0 Å². The summed E-state index contributed by atoms with van der Waals surface area (Å²) in [6, 6.07) is 14.5. The third kappa shape index (κ3) is 4.79. The highest BCUT2D eigenvalue weighted by molar-refractivity contribution is 5.91. The molecule has 0 aliphatic carbocycles. The highest BCUT2D eigenvalue weighted by Gasteiger charge is 2.19. The number of aliphatic hydroxyl groups excluding tert-OH is 1. The molecule has 0 saturated heterocycles. The third-order valence-corrected chi connectivity index (χ3v) is 3.73. The van der Waals surface area contributed by atoms with E-state index in [1.54, 1.807) is 14.0 Å². The van der Waals surface area contributed by atoms with E-state index in [1.807, 2.05) is 30.3 Å². The molecule has 0 aliphatic heterocycles. The summed E-state index contributed by atoms with van der Waals surface area (Å²) in [6.07, 6.45) is -0.231. The topological polar surface area (TPSA) is 52.6 Å². The lowest BCUT2D eigenvalue weighted by atomic mass is 10.0. The van der Waals surface area contributed by atoms with Crippen LogP contribution in [0.1, 0.15) is 12.5 Å². The van der Waals surface area contributed by atoms with Crippen molar-refractivity contribution in [1.29, 1.82) is 0 Å². The summed E-state index contributed by atoms with van der Waals surface area (Å²) in [6.45, 7) is 1.75. The van der Waals surface area contributed by atoms with Gasteiger partial charge < -0.3 is 10.4 Å². The number of nitrogens with one attached hydrogen (secondary N) is 1. The lowest BCUT2D eigenvalue weighted by molar-refractivity contribution is 0.137. The smallest absolute Gasteiger partial charge is 0.321 e. The van der Waals surface area contributed by atoms with Gasteiger partial charge >= 0.3 is 6.03 Å². The number of aliphatic hydroxyl groups is 1. The van der Waals surface area contributed by atoms with Crippen molar-refractivity contribution in [3.8, 4) is 0 Å². The van der Waals surface area contributed by atoms with Crippen molar-refractivity contribution in [2.45, 2.75) is 25.5 Å². The van der Waals surface area contributed by atoms with Gasteiger partial charge in [-0.2, -0.15) is 0 Å². The van der Waals surface area contributed by atoms with E-state index in [-0.39, 0.29) is 11.8 Å². The van der Waals surface area contributed by atoms with Crippen molar-refractivity contribution in [2.24, 2.45) is 0 Å². The molecule has 0 unspecified atom stereocenters. The van der Waals surface area contributed by atoms with Crippen molar-refractivity contribution >= 4 is 11.7 Å². The van der Waals surface area contributed by atoms with Crippen LogP contribution in [0.4, 0.5) is 14.9 Å². The van der Waals surface area contributed by atoms with E-state index >= 15 is 0 Å². The number of rotatable bonds is 5. The van der Waals surface area contributed by atoms with E-state index in [1.165, 1.54) is 29.2 Å². The maximum absolute atomic E-state index is 12.9. The van der Waals surface area contributed by atoms with E-state index in [0.717, 1.165) is 5.56 Å². The minimum Gasteiger partial charge on any atom is -0.391 e. The number of hydrogen-bond donors (Lipinski definition) is 2. The number of anilines is 1. The van der Waals surface area contributed by atoms with Crippen molar-refractivity contribution < 1.29 is 14.3 Å². The SMILES string of the molecule is C[C@H](NC(=O)N(C)c1ccc(F)cc1)[C@H](O)Cc1ccccc1. The molecule has 2 aromatic rings. The molecular weight excluding hydrogens is 295 g/mol. The number of benzene rings is 2. The normalized spacial score (nSPS) is 13.2. The van der Waals surface area contributed by atoms with Gasteiger partial charge in [-0.25, -0.2) is 9.18 Å². The second-order valence-electron chi connectivity index (χ2n) is 5.53. The highest BCUT2D eigenvalue weighted by Crippen LogP contribution is 2.13. The van der Waals surface area contributed by atoms with Crippen LogP contribution in [-0.2, 0) is 6.42 Å². The first kappa shape index (κ1) is 17.0. The molecule has 0 saturated carbocycles. The zero-order valence-electron chi connectivity index (χ0n) is 13.2. The summed E-state index contributed by atoms with van der Waals surface area (Å²) in [7, 11) is 1.60. The first-order valence-electron chi connectivity index (χ1n) is 7.49. The molecule has 0 aromatic heterocycles. The number of halogens is 1.